The molecule has 0 saturated carbocycles. The zero-order chi connectivity index (χ0) is 12.3. The number of methoxy groups -OCH3 is 1. The summed E-state index contributed by atoms with van der Waals surface area (Å²) < 4.78 is 5.15. The van der Waals surface area contributed by atoms with Crippen LogP contribution in [0.15, 0.2) is 42.7 Å². The Kier molecular flexibility index (Phi) is 3.40. The van der Waals surface area contributed by atoms with E-state index in [1.807, 2.05) is 37.3 Å². The Morgan fingerprint density at radius 1 is 1.29 bits per heavy atom. The SMILES string of the molecule is COc1cccc(C(O)c2ccncc2C)c1. The zero-order valence-corrected chi connectivity index (χ0v) is 9.92. The van der Waals surface area contributed by atoms with Gasteiger partial charge in [-0.15, -0.1) is 0 Å². The first-order valence-electron chi connectivity index (χ1n) is 5.45. The number of benzene rings is 1. The standard InChI is InChI=1S/C14H15NO2/c1-10-9-15-7-6-13(10)14(16)11-4-3-5-12(8-11)17-2/h3-9,14,16H,1-2H3. The fourth-order valence-electron chi connectivity index (χ4n) is 1.78. The summed E-state index contributed by atoms with van der Waals surface area (Å²) in [5, 5.41) is 10.3. The summed E-state index contributed by atoms with van der Waals surface area (Å²) in [5.74, 6) is 0.744. The van der Waals surface area contributed by atoms with Gasteiger partial charge < -0.3 is 9.84 Å². The third-order valence-electron chi connectivity index (χ3n) is 2.77. The molecular weight excluding hydrogens is 214 g/mol. The van der Waals surface area contributed by atoms with E-state index < -0.39 is 6.10 Å². The molecule has 1 unspecified atom stereocenters. The number of hydrogen-bond donors (Lipinski definition) is 1. The Labute approximate surface area is 101 Å². The summed E-state index contributed by atoms with van der Waals surface area (Å²) in [6.07, 6.45) is 2.79. The topological polar surface area (TPSA) is 42.4 Å². The van der Waals surface area contributed by atoms with Crippen molar-refractivity contribution < 1.29 is 9.84 Å². The monoisotopic (exact) mass is 229 g/mol. The van der Waals surface area contributed by atoms with Crippen LogP contribution < -0.4 is 4.74 Å². The predicted molar refractivity (Wildman–Crippen MR) is 66.0 cm³/mol. The number of aromatic nitrogens is 1. The van der Waals surface area contributed by atoms with Gasteiger partial charge in [0, 0.05) is 12.4 Å². The maximum absolute atomic E-state index is 10.3. The lowest BCUT2D eigenvalue weighted by molar-refractivity contribution is 0.219. The molecule has 3 heteroatoms. The number of pyridine rings is 1. The van der Waals surface area contributed by atoms with Crippen molar-refractivity contribution >= 4 is 0 Å². The van der Waals surface area contributed by atoms with Crippen molar-refractivity contribution in [1.82, 2.24) is 4.98 Å². The van der Waals surface area contributed by atoms with Crippen LogP contribution in [0.1, 0.15) is 22.8 Å². The third kappa shape index (κ3) is 2.45. The molecule has 0 aliphatic rings. The van der Waals surface area contributed by atoms with E-state index in [0.717, 1.165) is 22.4 Å². The van der Waals surface area contributed by atoms with Crippen molar-refractivity contribution in [3.05, 3.63) is 59.4 Å². The van der Waals surface area contributed by atoms with Crippen LogP contribution >= 0.6 is 0 Å². The molecule has 0 aliphatic heterocycles. The zero-order valence-electron chi connectivity index (χ0n) is 9.92. The second-order valence-electron chi connectivity index (χ2n) is 3.91. The summed E-state index contributed by atoms with van der Waals surface area (Å²) in [6.45, 7) is 1.94. The van der Waals surface area contributed by atoms with Crippen LogP contribution in [-0.2, 0) is 0 Å². The molecule has 2 aromatic rings. The van der Waals surface area contributed by atoms with Gasteiger partial charge in [-0.2, -0.15) is 0 Å². The summed E-state index contributed by atoms with van der Waals surface area (Å²) in [5.41, 5.74) is 2.66. The Balaban J connectivity index is 2.37. The molecular formula is C14H15NO2. The smallest absolute Gasteiger partial charge is 0.119 e. The van der Waals surface area contributed by atoms with Crippen molar-refractivity contribution in [2.45, 2.75) is 13.0 Å². The highest BCUT2D eigenvalue weighted by Crippen LogP contribution is 2.26. The van der Waals surface area contributed by atoms with E-state index in [-0.39, 0.29) is 0 Å². The van der Waals surface area contributed by atoms with Crippen LogP contribution in [0.25, 0.3) is 0 Å². The van der Waals surface area contributed by atoms with Gasteiger partial charge in [0.05, 0.1) is 7.11 Å². The lowest BCUT2D eigenvalue weighted by Gasteiger charge is -2.14. The fourth-order valence-corrected chi connectivity index (χ4v) is 1.78. The van der Waals surface area contributed by atoms with Gasteiger partial charge in [-0.05, 0) is 41.8 Å². The molecule has 88 valence electrons. The van der Waals surface area contributed by atoms with E-state index in [4.69, 9.17) is 4.74 Å². The van der Waals surface area contributed by atoms with E-state index in [2.05, 4.69) is 4.98 Å². The fraction of sp³-hybridized carbons (Fsp3) is 0.214. The molecule has 1 aromatic heterocycles. The van der Waals surface area contributed by atoms with Crippen molar-refractivity contribution in [3.63, 3.8) is 0 Å². The molecule has 0 fully saturated rings. The minimum absolute atomic E-state index is 0.645. The van der Waals surface area contributed by atoms with Gasteiger partial charge in [0.25, 0.3) is 0 Å². The average molecular weight is 229 g/mol. The van der Waals surface area contributed by atoms with Gasteiger partial charge in [0.15, 0.2) is 0 Å². The Morgan fingerprint density at radius 3 is 2.82 bits per heavy atom. The summed E-state index contributed by atoms with van der Waals surface area (Å²) in [7, 11) is 1.61. The van der Waals surface area contributed by atoms with Crippen LogP contribution in [0.5, 0.6) is 5.75 Å². The Bertz CT molecular complexity index is 511. The van der Waals surface area contributed by atoms with Crippen LogP contribution in [0, 0.1) is 6.92 Å². The van der Waals surface area contributed by atoms with Crippen LogP contribution in [-0.4, -0.2) is 17.2 Å². The molecule has 1 aromatic carbocycles. The number of hydrogen-bond acceptors (Lipinski definition) is 3. The second-order valence-corrected chi connectivity index (χ2v) is 3.91. The molecule has 0 radical (unpaired) electrons. The molecule has 0 spiro atoms. The molecule has 1 heterocycles. The maximum atomic E-state index is 10.3. The van der Waals surface area contributed by atoms with Crippen LogP contribution in [0.4, 0.5) is 0 Å². The summed E-state index contributed by atoms with van der Waals surface area (Å²) in [4.78, 5) is 4.02. The number of ether oxygens (including phenoxy) is 1. The van der Waals surface area contributed by atoms with E-state index >= 15 is 0 Å². The number of aryl methyl sites for hydroxylation is 1. The maximum Gasteiger partial charge on any atom is 0.119 e. The van der Waals surface area contributed by atoms with E-state index in [0.29, 0.717) is 0 Å². The average Bonchev–Trinajstić information content (AvgIpc) is 2.38. The highest BCUT2D eigenvalue weighted by atomic mass is 16.5. The van der Waals surface area contributed by atoms with Gasteiger partial charge in [0.2, 0.25) is 0 Å². The third-order valence-corrected chi connectivity index (χ3v) is 2.77. The lowest BCUT2D eigenvalue weighted by Crippen LogP contribution is -2.02. The van der Waals surface area contributed by atoms with Crippen LogP contribution in [0.2, 0.25) is 0 Å². The molecule has 0 aliphatic carbocycles. The minimum Gasteiger partial charge on any atom is -0.497 e. The van der Waals surface area contributed by atoms with Crippen molar-refractivity contribution in [2.24, 2.45) is 0 Å². The van der Waals surface area contributed by atoms with Gasteiger partial charge >= 0.3 is 0 Å². The lowest BCUT2D eigenvalue weighted by atomic mass is 9.99. The van der Waals surface area contributed by atoms with E-state index in [1.54, 1.807) is 19.5 Å². The van der Waals surface area contributed by atoms with Gasteiger partial charge in [-0.25, -0.2) is 0 Å². The largest absolute Gasteiger partial charge is 0.497 e. The quantitative estimate of drug-likeness (QED) is 0.879. The number of rotatable bonds is 3. The molecule has 3 nitrogen and oxygen atoms in total. The molecule has 2 rings (SSSR count). The van der Waals surface area contributed by atoms with Crippen molar-refractivity contribution in [3.8, 4) is 5.75 Å². The highest BCUT2D eigenvalue weighted by Gasteiger charge is 2.13. The predicted octanol–water partition coefficient (Wildman–Crippen LogP) is 2.48. The van der Waals surface area contributed by atoms with Crippen LogP contribution in [0.3, 0.4) is 0 Å². The van der Waals surface area contributed by atoms with Crippen molar-refractivity contribution in [2.75, 3.05) is 7.11 Å². The number of aliphatic hydroxyl groups excluding tert-OH is 1. The first-order valence-corrected chi connectivity index (χ1v) is 5.45. The summed E-state index contributed by atoms with van der Waals surface area (Å²) in [6, 6.07) is 9.28. The molecule has 0 bridgehead atoms. The molecule has 0 amide bonds. The second kappa shape index (κ2) is 4.97. The number of aliphatic hydroxyl groups is 1. The van der Waals surface area contributed by atoms with Gasteiger partial charge in [-0.1, -0.05) is 12.1 Å². The molecule has 0 saturated heterocycles. The van der Waals surface area contributed by atoms with E-state index in [9.17, 15) is 5.11 Å². The van der Waals surface area contributed by atoms with Crippen molar-refractivity contribution in [1.29, 1.82) is 0 Å². The highest BCUT2D eigenvalue weighted by molar-refractivity contribution is 5.37. The Morgan fingerprint density at radius 2 is 2.12 bits per heavy atom. The number of nitrogens with zero attached hydrogens (tertiary/aromatic N) is 1. The Hall–Kier alpha value is -1.87. The molecule has 1 atom stereocenters. The molecule has 17 heavy (non-hydrogen) atoms. The van der Waals surface area contributed by atoms with E-state index in [1.165, 1.54) is 0 Å². The van der Waals surface area contributed by atoms with Gasteiger partial charge in [0.1, 0.15) is 11.9 Å². The first-order chi connectivity index (χ1) is 8.22. The van der Waals surface area contributed by atoms with Gasteiger partial charge in [-0.3, -0.25) is 4.98 Å². The first kappa shape index (κ1) is 11.6. The minimum atomic E-state index is -0.645. The summed E-state index contributed by atoms with van der Waals surface area (Å²) >= 11 is 0. The normalized spacial score (nSPS) is 12.2. The molecule has 1 N–H and O–H groups in total.